The highest BCUT2D eigenvalue weighted by molar-refractivity contribution is 5.57. The zero-order valence-corrected chi connectivity index (χ0v) is 13.6. The number of ether oxygens (including phenoxy) is 2. The van der Waals surface area contributed by atoms with Gasteiger partial charge in [0.05, 0.1) is 14.2 Å². The van der Waals surface area contributed by atoms with Crippen LogP contribution in [0.5, 0.6) is 11.8 Å². The minimum atomic E-state index is 0.270. The average Bonchev–Trinajstić information content (AvgIpc) is 2.67. The number of nitrogens with one attached hydrogen (secondary N) is 1. The molecule has 0 aliphatic carbocycles. The van der Waals surface area contributed by atoms with Gasteiger partial charge in [0.2, 0.25) is 5.95 Å². The van der Waals surface area contributed by atoms with E-state index < -0.39 is 0 Å². The van der Waals surface area contributed by atoms with Crippen molar-refractivity contribution in [2.45, 2.75) is 6.54 Å². The van der Waals surface area contributed by atoms with Crippen LogP contribution >= 0.6 is 0 Å². The molecule has 0 radical (unpaired) electrons. The topological polar surface area (TPSA) is 69.2 Å². The van der Waals surface area contributed by atoms with E-state index in [2.05, 4.69) is 20.3 Å². The molecule has 6 heteroatoms. The molecule has 0 bridgehead atoms. The van der Waals surface area contributed by atoms with Gasteiger partial charge in [-0.15, -0.1) is 0 Å². The van der Waals surface area contributed by atoms with Crippen LogP contribution in [0.4, 0.5) is 5.95 Å². The first-order valence-corrected chi connectivity index (χ1v) is 7.51. The van der Waals surface area contributed by atoms with E-state index in [1.54, 1.807) is 7.11 Å². The highest BCUT2D eigenvalue weighted by Crippen LogP contribution is 2.21. The molecule has 3 aromatic rings. The van der Waals surface area contributed by atoms with Crippen LogP contribution in [0.2, 0.25) is 0 Å². The smallest absolute Gasteiger partial charge is 0.321 e. The van der Waals surface area contributed by atoms with Crippen LogP contribution in [-0.2, 0) is 6.54 Å². The third-order valence-corrected chi connectivity index (χ3v) is 3.44. The molecular weight excluding hydrogens is 304 g/mol. The molecule has 0 saturated carbocycles. The fourth-order valence-electron chi connectivity index (χ4n) is 2.17. The molecule has 0 aliphatic rings. The van der Waals surface area contributed by atoms with Crippen LogP contribution in [-0.4, -0.2) is 29.2 Å². The Balaban J connectivity index is 1.84. The first-order chi connectivity index (χ1) is 11.8. The molecule has 6 nitrogen and oxygen atoms in total. The summed E-state index contributed by atoms with van der Waals surface area (Å²) >= 11 is 0. The number of aromatic nitrogens is 3. The van der Waals surface area contributed by atoms with Crippen molar-refractivity contribution in [3.8, 4) is 23.1 Å². The van der Waals surface area contributed by atoms with Gasteiger partial charge in [0.25, 0.3) is 0 Å². The molecule has 24 heavy (non-hydrogen) atoms. The Morgan fingerprint density at radius 3 is 2.25 bits per heavy atom. The lowest BCUT2D eigenvalue weighted by Gasteiger charge is -2.09. The number of nitrogens with zero attached hydrogens (tertiary/aromatic N) is 3. The van der Waals surface area contributed by atoms with Crippen LogP contribution in [0.25, 0.3) is 11.4 Å². The van der Waals surface area contributed by atoms with Gasteiger partial charge in [-0.05, 0) is 29.8 Å². The fourth-order valence-corrected chi connectivity index (χ4v) is 2.17. The van der Waals surface area contributed by atoms with Gasteiger partial charge < -0.3 is 14.8 Å². The van der Waals surface area contributed by atoms with E-state index in [1.165, 1.54) is 7.11 Å². The number of hydrogen-bond acceptors (Lipinski definition) is 6. The van der Waals surface area contributed by atoms with Crippen molar-refractivity contribution in [3.05, 3.63) is 60.2 Å². The Morgan fingerprint density at radius 1 is 0.833 bits per heavy atom. The number of rotatable bonds is 6. The first kappa shape index (κ1) is 15.7. The van der Waals surface area contributed by atoms with Gasteiger partial charge in [0.15, 0.2) is 5.82 Å². The van der Waals surface area contributed by atoms with Crippen molar-refractivity contribution in [1.82, 2.24) is 15.0 Å². The lowest BCUT2D eigenvalue weighted by atomic mass is 10.2. The quantitative estimate of drug-likeness (QED) is 0.752. The van der Waals surface area contributed by atoms with Crippen molar-refractivity contribution < 1.29 is 9.47 Å². The van der Waals surface area contributed by atoms with Crippen molar-refractivity contribution >= 4 is 5.95 Å². The van der Waals surface area contributed by atoms with Gasteiger partial charge >= 0.3 is 6.01 Å². The van der Waals surface area contributed by atoms with Gasteiger partial charge in [-0.1, -0.05) is 30.3 Å². The maximum absolute atomic E-state index is 5.19. The van der Waals surface area contributed by atoms with Crippen molar-refractivity contribution in [1.29, 1.82) is 0 Å². The minimum absolute atomic E-state index is 0.270. The predicted octanol–water partition coefficient (Wildman–Crippen LogP) is 3.17. The van der Waals surface area contributed by atoms with E-state index >= 15 is 0 Å². The fraction of sp³-hybridized carbons (Fsp3) is 0.167. The second-order valence-corrected chi connectivity index (χ2v) is 5.04. The van der Waals surface area contributed by atoms with E-state index in [9.17, 15) is 0 Å². The molecule has 2 aromatic carbocycles. The van der Waals surface area contributed by atoms with Crippen molar-refractivity contribution in [2.75, 3.05) is 19.5 Å². The number of methoxy groups -OCH3 is 2. The summed E-state index contributed by atoms with van der Waals surface area (Å²) in [6.07, 6.45) is 0. The van der Waals surface area contributed by atoms with E-state index in [4.69, 9.17) is 9.47 Å². The highest BCUT2D eigenvalue weighted by Gasteiger charge is 2.09. The monoisotopic (exact) mass is 322 g/mol. The van der Waals surface area contributed by atoms with E-state index in [1.807, 2.05) is 54.6 Å². The van der Waals surface area contributed by atoms with Crippen LogP contribution in [0.15, 0.2) is 54.6 Å². The molecular formula is C18H18N4O2. The van der Waals surface area contributed by atoms with Gasteiger partial charge in [0.1, 0.15) is 5.75 Å². The summed E-state index contributed by atoms with van der Waals surface area (Å²) in [5.41, 5.74) is 2.00. The zero-order chi connectivity index (χ0) is 16.8. The van der Waals surface area contributed by atoms with Gasteiger partial charge in [-0.2, -0.15) is 15.0 Å². The second kappa shape index (κ2) is 7.41. The minimum Gasteiger partial charge on any atom is -0.497 e. The van der Waals surface area contributed by atoms with E-state index in [0.29, 0.717) is 18.3 Å². The molecule has 122 valence electrons. The lowest BCUT2D eigenvalue weighted by molar-refractivity contribution is 0.379. The summed E-state index contributed by atoms with van der Waals surface area (Å²) in [6.45, 7) is 0.621. The van der Waals surface area contributed by atoms with Crippen LogP contribution in [0.3, 0.4) is 0 Å². The van der Waals surface area contributed by atoms with Crippen LogP contribution in [0, 0.1) is 0 Å². The summed E-state index contributed by atoms with van der Waals surface area (Å²) in [6, 6.07) is 17.8. The average molecular weight is 322 g/mol. The molecule has 0 amide bonds. The highest BCUT2D eigenvalue weighted by atomic mass is 16.5. The summed E-state index contributed by atoms with van der Waals surface area (Å²) in [5, 5.41) is 3.20. The summed E-state index contributed by atoms with van der Waals surface area (Å²) in [4.78, 5) is 13.0. The number of anilines is 1. The van der Waals surface area contributed by atoms with Crippen molar-refractivity contribution in [2.24, 2.45) is 0 Å². The van der Waals surface area contributed by atoms with Crippen LogP contribution in [0.1, 0.15) is 5.56 Å². The molecule has 1 heterocycles. The maximum atomic E-state index is 5.19. The molecule has 0 aliphatic heterocycles. The Hall–Kier alpha value is -3.15. The number of hydrogen-bond donors (Lipinski definition) is 1. The van der Waals surface area contributed by atoms with Crippen molar-refractivity contribution in [3.63, 3.8) is 0 Å². The third kappa shape index (κ3) is 3.78. The molecule has 0 spiro atoms. The van der Waals surface area contributed by atoms with Gasteiger partial charge in [0, 0.05) is 12.1 Å². The van der Waals surface area contributed by atoms with Crippen LogP contribution < -0.4 is 14.8 Å². The Labute approximate surface area is 140 Å². The molecule has 1 N–H and O–H groups in total. The molecule has 0 saturated heterocycles. The Kier molecular flexibility index (Phi) is 4.86. The van der Waals surface area contributed by atoms with Gasteiger partial charge in [-0.3, -0.25) is 0 Å². The second-order valence-electron chi connectivity index (χ2n) is 5.04. The Morgan fingerprint density at radius 2 is 1.58 bits per heavy atom. The maximum Gasteiger partial charge on any atom is 0.321 e. The Bertz CT molecular complexity index is 792. The lowest BCUT2D eigenvalue weighted by Crippen LogP contribution is -2.07. The normalized spacial score (nSPS) is 10.2. The zero-order valence-electron chi connectivity index (χ0n) is 13.6. The SMILES string of the molecule is COc1ccc(-c2nc(NCc3ccccc3)nc(OC)n2)cc1. The van der Waals surface area contributed by atoms with E-state index in [0.717, 1.165) is 16.9 Å². The summed E-state index contributed by atoms with van der Waals surface area (Å²) in [5.74, 6) is 1.79. The largest absolute Gasteiger partial charge is 0.497 e. The molecule has 1 aromatic heterocycles. The number of benzene rings is 2. The van der Waals surface area contributed by atoms with E-state index in [-0.39, 0.29) is 6.01 Å². The molecule has 0 atom stereocenters. The van der Waals surface area contributed by atoms with Gasteiger partial charge in [-0.25, -0.2) is 0 Å². The molecule has 0 fully saturated rings. The third-order valence-electron chi connectivity index (χ3n) is 3.44. The molecule has 0 unspecified atom stereocenters. The summed E-state index contributed by atoms with van der Waals surface area (Å²) in [7, 11) is 3.17. The standard InChI is InChI=1S/C18H18N4O2/c1-23-15-10-8-14(9-11-15)16-20-17(22-18(21-16)24-2)19-12-13-6-4-3-5-7-13/h3-11H,12H2,1-2H3,(H,19,20,21,22). The first-order valence-electron chi connectivity index (χ1n) is 7.51. The molecule has 3 rings (SSSR count). The predicted molar refractivity (Wildman–Crippen MR) is 92.1 cm³/mol. The summed E-state index contributed by atoms with van der Waals surface area (Å²) < 4.78 is 10.4.